The van der Waals surface area contributed by atoms with Crippen molar-refractivity contribution < 1.29 is 14.6 Å². The van der Waals surface area contributed by atoms with Crippen LogP contribution in [0.25, 0.3) is 11.0 Å². The van der Waals surface area contributed by atoms with E-state index in [0.29, 0.717) is 12.8 Å². The van der Waals surface area contributed by atoms with Crippen LogP contribution in [0.4, 0.5) is 0 Å². The lowest BCUT2D eigenvalue weighted by Crippen LogP contribution is -2.19. The molecule has 6 heteroatoms. The number of hydrogen-bond donors (Lipinski definition) is 1. The average molecular weight is 275 g/mol. The van der Waals surface area contributed by atoms with Gasteiger partial charge in [0.25, 0.3) is 0 Å². The molecule has 1 N–H and O–H groups in total. The Kier molecular flexibility index (Phi) is 3.40. The second kappa shape index (κ2) is 5.20. The monoisotopic (exact) mass is 275 g/mol. The third kappa shape index (κ3) is 2.16. The molecule has 0 saturated carbocycles. The fourth-order valence-electron chi connectivity index (χ4n) is 2.71. The molecule has 2 aromatic heterocycles. The minimum atomic E-state index is -0.896. The Morgan fingerprint density at radius 3 is 3.10 bits per heavy atom. The Bertz CT molecular complexity index is 638. The number of hydrogen-bond acceptors (Lipinski definition) is 4. The van der Waals surface area contributed by atoms with E-state index >= 15 is 0 Å². The SMILES string of the molecule is CCCn1c(C2CCC(C(=O)O)O2)nc2cnccc21. The number of fused-ring (bicyclic) bond motifs is 1. The van der Waals surface area contributed by atoms with Gasteiger partial charge in [0.05, 0.1) is 11.7 Å². The fraction of sp³-hybridized carbons (Fsp3) is 0.500. The van der Waals surface area contributed by atoms with Gasteiger partial charge in [0, 0.05) is 12.7 Å². The molecule has 1 fully saturated rings. The quantitative estimate of drug-likeness (QED) is 0.925. The van der Waals surface area contributed by atoms with Crippen molar-refractivity contribution in [3.63, 3.8) is 0 Å². The van der Waals surface area contributed by atoms with Crippen molar-refractivity contribution >= 4 is 17.0 Å². The zero-order valence-corrected chi connectivity index (χ0v) is 11.3. The molecule has 106 valence electrons. The predicted molar refractivity (Wildman–Crippen MR) is 72.3 cm³/mol. The van der Waals surface area contributed by atoms with E-state index in [-0.39, 0.29) is 6.10 Å². The number of imidazole rings is 1. The summed E-state index contributed by atoms with van der Waals surface area (Å²) in [6.45, 7) is 2.94. The first-order chi connectivity index (χ1) is 9.70. The van der Waals surface area contributed by atoms with Crippen molar-refractivity contribution in [2.24, 2.45) is 0 Å². The molecule has 1 aliphatic heterocycles. The van der Waals surface area contributed by atoms with Crippen molar-refractivity contribution in [2.75, 3.05) is 0 Å². The maximum atomic E-state index is 11.0. The second-order valence-corrected chi connectivity index (χ2v) is 5.01. The predicted octanol–water partition coefficient (Wildman–Crippen LogP) is 2.15. The molecular weight excluding hydrogens is 258 g/mol. The molecule has 6 nitrogen and oxygen atoms in total. The minimum Gasteiger partial charge on any atom is -0.479 e. The number of ether oxygens (including phenoxy) is 1. The van der Waals surface area contributed by atoms with Gasteiger partial charge in [0.2, 0.25) is 0 Å². The lowest BCUT2D eigenvalue weighted by atomic mass is 10.2. The molecule has 0 spiro atoms. The van der Waals surface area contributed by atoms with Gasteiger partial charge in [-0.3, -0.25) is 4.98 Å². The first-order valence-electron chi connectivity index (χ1n) is 6.89. The summed E-state index contributed by atoms with van der Waals surface area (Å²) in [6.07, 6.45) is 4.73. The summed E-state index contributed by atoms with van der Waals surface area (Å²) in [4.78, 5) is 19.7. The molecular formula is C14H17N3O3. The van der Waals surface area contributed by atoms with E-state index in [9.17, 15) is 4.79 Å². The summed E-state index contributed by atoms with van der Waals surface area (Å²) in [5, 5.41) is 9.03. The molecule has 2 atom stereocenters. The highest BCUT2D eigenvalue weighted by Gasteiger charge is 2.34. The first kappa shape index (κ1) is 13.1. The molecule has 0 amide bonds. The Labute approximate surface area is 116 Å². The third-order valence-corrected chi connectivity index (χ3v) is 3.61. The van der Waals surface area contributed by atoms with E-state index in [2.05, 4.69) is 21.5 Å². The molecule has 1 aliphatic rings. The van der Waals surface area contributed by atoms with Crippen LogP contribution in [0.15, 0.2) is 18.5 Å². The van der Waals surface area contributed by atoms with E-state index in [4.69, 9.17) is 9.84 Å². The van der Waals surface area contributed by atoms with Gasteiger partial charge in [-0.05, 0) is 25.3 Å². The lowest BCUT2D eigenvalue weighted by molar-refractivity contribution is -0.149. The lowest BCUT2D eigenvalue weighted by Gasteiger charge is -2.13. The molecule has 3 rings (SSSR count). The van der Waals surface area contributed by atoms with E-state index in [1.54, 1.807) is 12.4 Å². The molecule has 2 aromatic rings. The summed E-state index contributed by atoms with van der Waals surface area (Å²) in [5.41, 5.74) is 1.86. The Morgan fingerprint density at radius 1 is 1.55 bits per heavy atom. The van der Waals surface area contributed by atoms with E-state index in [1.165, 1.54) is 0 Å². The minimum absolute atomic E-state index is 0.241. The number of carboxylic acid groups (broad SMARTS) is 1. The Morgan fingerprint density at radius 2 is 2.40 bits per heavy atom. The van der Waals surface area contributed by atoms with Crippen LogP contribution in [-0.2, 0) is 16.1 Å². The molecule has 0 aliphatic carbocycles. The van der Waals surface area contributed by atoms with E-state index in [1.807, 2.05) is 6.07 Å². The number of aryl methyl sites for hydroxylation is 1. The van der Waals surface area contributed by atoms with Crippen LogP contribution in [0.5, 0.6) is 0 Å². The van der Waals surface area contributed by atoms with Crippen LogP contribution in [0.1, 0.15) is 38.1 Å². The molecule has 3 heterocycles. The summed E-state index contributed by atoms with van der Waals surface area (Å²) in [5.74, 6) is -0.0779. The Balaban J connectivity index is 1.98. The van der Waals surface area contributed by atoms with Crippen LogP contribution in [0.2, 0.25) is 0 Å². The largest absolute Gasteiger partial charge is 0.479 e. The fourth-order valence-corrected chi connectivity index (χ4v) is 2.71. The Hall–Kier alpha value is -1.95. The summed E-state index contributed by atoms with van der Waals surface area (Å²) in [6, 6.07) is 1.94. The van der Waals surface area contributed by atoms with Crippen LogP contribution in [0, 0.1) is 0 Å². The van der Waals surface area contributed by atoms with Crippen LogP contribution in [-0.4, -0.2) is 31.7 Å². The van der Waals surface area contributed by atoms with E-state index in [0.717, 1.165) is 29.8 Å². The van der Waals surface area contributed by atoms with Gasteiger partial charge < -0.3 is 14.4 Å². The van der Waals surface area contributed by atoms with Crippen molar-refractivity contribution in [1.82, 2.24) is 14.5 Å². The summed E-state index contributed by atoms with van der Waals surface area (Å²) < 4.78 is 7.74. The second-order valence-electron chi connectivity index (χ2n) is 5.01. The van der Waals surface area contributed by atoms with Gasteiger partial charge in [0.15, 0.2) is 6.10 Å². The topological polar surface area (TPSA) is 77.2 Å². The molecule has 0 aromatic carbocycles. The molecule has 1 saturated heterocycles. The zero-order valence-electron chi connectivity index (χ0n) is 11.3. The van der Waals surface area contributed by atoms with Gasteiger partial charge in [-0.2, -0.15) is 0 Å². The first-order valence-corrected chi connectivity index (χ1v) is 6.89. The average Bonchev–Trinajstić information content (AvgIpc) is 3.04. The molecule has 0 radical (unpaired) electrons. The number of carbonyl (C=O) groups is 1. The highest BCUT2D eigenvalue weighted by molar-refractivity contribution is 5.75. The number of aromatic nitrogens is 3. The van der Waals surface area contributed by atoms with Crippen molar-refractivity contribution in [1.29, 1.82) is 0 Å². The number of carboxylic acids is 1. The van der Waals surface area contributed by atoms with Gasteiger partial charge >= 0.3 is 5.97 Å². The summed E-state index contributed by atoms with van der Waals surface area (Å²) in [7, 11) is 0. The number of pyridine rings is 1. The van der Waals surface area contributed by atoms with Crippen LogP contribution >= 0.6 is 0 Å². The molecule has 20 heavy (non-hydrogen) atoms. The highest BCUT2D eigenvalue weighted by atomic mass is 16.5. The summed E-state index contributed by atoms with van der Waals surface area (Å²) >= 11 is 0. The smallest absolute Gasteiger partial charge is 0.332 e. The van der Waals surface area contributed by atoms with Gasteiger partial charge in [-0.15, -0.1) is 0 Å². The number of rotatable bonds is 4. The maximum Gasteiger partial charge on any atom is 0.332 e. The maximum absolute atomic E-state index is 11.0. The van der Waals surface area contributed by atoms with Gasteiger partial charge in [-0.1, -0.05) is 6.92 Å². The van der Waals surface area contributed by atoms with E-state index < -0.39 is 12.1 Å². The van der Waals surface area contributed by atoms with Crippen molar-refractivity contribution in [3.8, 4) is 0 Å². The normalized spacial score (nSPS) is 22.4. The molecule has 0 bridgehead atoms. The standard InChI is InChI=1S/C14H17N3O3/c1-2-7-17-10-5-6-15-8-9(10)16-13(17)11-3-4-12(20-11)14(18)19/h5-6,8,11-12H,2-4,7H2,1H3,(H,18,19). The number of nitrogens with zero attached hydrogens (tertiary/aromatic N) is 3. The zero-order chi connectivity index (χ0) is 14.1. The van der Waals surface area contributed by atoms with Gasteiger partial charge in [-0.25, -0.2) is 9.78 Å². The molecule has 2 unspecified atom stereocenters. The van der Waals surface area contributed by atoms with Crippen molar-refractivity contribution in [3.05, 3.63) is 24.3 Å². The number of aliphatic carboxylic acids is 1. The highest BCUT2D eigenvalue weighted by Crippen LogP contribution is 2.34. The van der Waals surface area contributed by atoms with Gasteiger partial charge in [0.1, 0.15) is 17.4 Å². The van der Waals surface area contributed by atoms with Crippen molar-refractivity contribution in [2.45, 2.75) is 44.9 Å². The third-order valence-electron chi connectivity index (χ3n) is 3.61. The van der Waals surface area contributed by atoms with Crippen LogP contribution < -0.4 is 0 Å². The van der Waals surface area contributed by atoms with Crippen LogP contribution in [0.3, 0.4) is 0 Å².